The van der Waals surface area contributed by atoms with Crippen LogP contribution in [0.25, 0.3) is 0 Å². The zero-order chi connectivity index (χ0) is 16.1. The number of hydrogen-bond acceptors (Lipinski definition) is 2. The molecule has 2 aromatic carbocycles. The second kappa shape index (κ2) is 7.68. The normalized spacial score (nSPS) is 10.4. The average molecular weight is 362 g/mol. The van der Waals surface area contributed by atoms with Gasteiger partial charge < -0.3 is 10.6 Å². The van der Waals surface area contributed by atoms with Crippen LogP contribution >= 0.6 is 34.8 Å². The molecule has 0 unspecified atom stereocenters. The molecule has 0 aliphatic rings. The SMILES string of the molecule is O=C(CCNc1ccc(F)c(Cl)c1)Nc1ccc(Cl)cc1Cl. The summed E-state index contributed by atoms with van der Waals surface area (Å²) >= 11 is 17.4. The predicted molar refractivity (Wildman–Crippen MR) is 89.6 cm³/mol. The molecule has 0 spiro atoms. The van der Waals surface area contributed by atoms with Gasteiger partial charge in [-0.2, -0.15) is 0 Å². The first kappa shape index (κ1) is 16.9. The number of amides is 1. The topological polar surface area (TPSA) is 41.1 Å². The van der Waals surface area contributed by atoms with Gasteiger partial charge in [-0.25, -0.2) is 4.39 Å². The summed E-state index contributed by atoms with van der Waals surface area (Å²) in [5.74, 6) is -0.688. The molecule has 2 rings (SSSR count). The molecular formula is C15H12Cl3FN2O. The number of halogens is 4. The van der Waals surface area contributed by atoms with Gasteiger partial charge >= 0.3 is 0 Å². The van der Waals surface area contributed by atoms with Gasteiger partial charge in [-0.05, 0) is 36.4 Å². The molecule has 0 aliphatic heterocycles. The van der Waals surface area contributed by atoms with E-state index in [1.807, 2.05) is 0 Å². The maximum atomic E-state index is 13.0. The minimum Gasteiger partial charge on any atom is -0.384 e. The summed E-state index contributed by atoms with van der Waals surface area (Å²) in [7, 11) is 0. The zero-order valence-electron chi connectivity index (χ0n) is 11.3. The lowest BCUT2D eigenvalue weighted by molar-refractivity contribution is -0.115. The van der Waals surface area contributed by atoms with Gasteiger partial charge in [-0.3, -0.25) is 4.79 Å². The molecule has 7 heteroatoms. The van der Waals surface area contributed by atoms with E-state index in [0.717, 1.165) is 0 Å². The number of anilines is 2. The van der Waals surface area contributed by atoms with Crippen molar-refractivity contribution >= 4 is 52.1 Å². The van der Waals surface area contributed by atoms with Crippen molar-refractivity contribution in [2.75, 3.05) is 17.2 Å². The molecule has 2 N–H and O–H groups in total. The first-order chi connectivity index (χ1) is 10.5. The highest BCUT2D eigenvalue weighted by molar-refractivity contribution is 6.36. The Morgan fingerprint density at radius 3 is 2.50 bits per heavy atom. The molecule has 22 heavy (non-hydrogen) atoms. The molecule has 0 heterocycles. The Kier molecular flexibility index (Phi) is 5.89. The van der Waals surface area contributed by atoms with Crippen molar-refractivity contribution in [3.8, 4) is 0 Å². The summed E-state index contributed by atoms with van der Waals surface area (Å²) in [6.45, 7) is 0.374. The van der Waals surface area contributed by atoms with Crippen molar-refractivity contribution in [1.82, 2.24) is 0 Å². The van der Waals surface area contributed by atoms with Crippen molar-refractivity contribution < 1.29 is 9.18 Å². The van der Waals surface area contributed by atoms with Crippen LogP contribution in [-0.2, 0) is 4.79 Å². The van der Waals surface area contributed by atoms with Crippen LogP contribution in [0.4, 0.5) is 15.8 Å². The van der Waals surface area contributed by atoms with Gasteiger partial charge in [0.1, 0.15) is 5.82 Å². The van der Waals surface area contributed by atoms with Gasteiger partial charge in [0.2, 0.25) is 5.91 Å². The molecule has 0 fully saturated rings. The molecule has 0 saturated carbocycles. The fourth-order valence-electron chi connectivity index (χ4n) is 1.73. The summed E-state index contributed by atoms with van der Waals surface area (Å²) in [5, 5.41) is 6.58. The molecule has 0 aromatic heterocycles. The zero-order valence-corrected chi connectivity index (χ0v) is 13.6. The molecule has 0 bridgehead atoms. The van der Waals surface area contributed by atoms with Crippen LogP contribution < -0.4 is 10.6 Å². The van der Waals surface area contributed by atoms with Crippen molar-refractivity contribution in [2.24, 2.45) is 0 Å². The van der Waals surface area contributed by atoms with Crippen molar-refractivity contribution in [3.63, 3.8) is 0 Å². The van der Waals surface area contributed by atoms with Crippen LogP contribution in [0.3, 0.4) is 0 Å². The van der Waals surface area contributed by atoms with E-state index in [4.69, 9.17) is 34.8 Å². The van der Waals surface area contributed by atoms with Gasteiger partial charge in [-0.1, -0.05) is 34.8 Å². The molecule has 2 aromatic rings. The second-order valence-electron chi connectivity index (χ2n) is 4.48. The first-order valence-electron chi connectivity index (χ1n) is 6.39. The number of benzene rings is 2. The van der Waals surface area contributed by atoms with E-state index in [9.17, 15) is 9.18 Å². The van der Waals surface area contributed by atoms with E-state index in [0.29, 0.717) is 28.0 Å². The minimum absolute atomic E-state index is 0.0300. The van der Waals surface area contributed by atoms with Crippen LogP contribution in [0, 0.1) is 5.82 Å². The Bertz CT molecular complexity index is 694. The Balaban J connectivity index is 1.83. The number of nitrogens with one attached hydrogen (secondary N) is 2. The van der Waals surface area contributed by atoms with Crippen LogP contribution in [-0.4, -0.2) is 12.5 Å². The molecule has 0 atom stereocenters. The van der Waals surface area contributed by atoms with E-state index in [-0.39, 0.29) is 17.4 Å². The van der Waals surface area contributed by atoms with Gasteiger partial charge in [0, 0.05) is 23.7 Å². The summed E-state index contributed by atoms with van der Waals surface area (Å²) in [5.41, 5.74) is 1.14. The fourth-order valence-corrected chi connectivity index (χ4v) is 2.37. The molecule has 0 radical (unpaired) electrons. The average Bonchev–Trinajstić information content (AvgIpc) is 2.46. The van der Waals surface area contributed by atoms with E-state index >= 15 is 0 Å². The van der Waals surface area contributed by atoms with E-state index in [1.165, 1.54) is 12.1 Å². The van der Waals surface area contributed by atoms with Gasteiger partial charge in [-0.15, -0.1) is 0 Å². The molecular weight excluding hydrogens is 350 g/mol. The number of hydrogen-bond donors (Lipinski definition) is 2. The molecule has 1 amide bonds. The lowest BCUT2D eigenvalue weighted by atomic mass is 10.3. The Morgan fingerprint density at radius 1 is 1.05 bits per heavy atom. The predicted octanol–water partition coefficient (Wildman–Crippen LogP) is 5.23. The van der Waals surface area contributed by atoms with E-state index in [1.54, 1.807) is 24.3 Å². The third-order valence-corrected chi connectivity index (χ3v) is 3.64. The summed E-state index contributed by atoms with van der Waals surface area (Å²) in [6, 6.07) is 9.10. The molecule has 0 saturated heterocycles. The summed E-state index contributed by atoms with van der Waals surface area (Å²) in [4.78, 5) is 11.8. The van der Waals surface area contributed by atoms with E-state index < -0.39 is 5.82 Å². The summed E-state index contributed by atoms with van der Waals surface area (Å²) < 4.78 is 13.0. The van der Waals surface area contributed by atoms with Crippen molar-refractivity contribution in [3.05, 3.63) is 57.3 Å². The fraction of sp³-hybridized carbons (Fsp3) is 0.133. The Labute approximate surface area is 142 Å². The number of carbonyl (C=O) groups is 1. The van der Waals surface area contributed by atoms with Crippen LogP contribution in [0.1, 0.15) is 6.42 Å². The summed E-state index contributed by atoms with van der Waals surface area (Å²) in [6.07, 6.45) is 0.216. The largest absolute Gasteiger partial charge is 0.384 e. The Morgan fingerprint density at radius 2 is 1.82 bits per heavy atom. The maximum absolute atomic E-state index is 13.0. The minimum atomic E-state index is -0.484. The number of rotatable bonds is 5. The molecule has 0 aliphatic carbocycles. The van der Waals surface area contributed by atoms with E-state index in [2.05, 4.69) is 10.6 Å². The lowest BCUT2D eigenvalue weighted by Crippen LogP contribution is -2.16. The number of carbonyl (C=O) groups excluding carboxylic acids is 1. The van der Waals surface area contributed by atoms with Crippen LogP contribution in [0.15, 0.2) is 36.4 Å². The monoisotopic (exact) mass is 360 g/mol. The Hall–Kier alpha value is -1.49. The third kappa shape index (κ3) is 4.77. The highest BCUT2D eigenvalue weighted by Crippen LogP contribution is 2.25. The second-order valence-corrected chi connectivity index (χ2v) is 5.73. The van der Waals surface area contributed by atoms with Gasteiger partial charge in [0.05, 0.1) is 15.7 Å². The van der Waals surface area contributed by atoms with Gasteiger partial charge in [0.25, 0.3) is 0 Å². The quantitative estimate of drug-likeness (QED) is 0.766. The van der Waals surface area contributed by atoms with Crippen molar-refractivity contribution in [1.29, 1.82) is 0 Å². The standard InChI is InChI=1S/C15H12Cl3FN2O/c16-9-1-4-14(12(18)7-9)21-15(22)5-6-20-10-2-3-13(19)11(17)8-10/h1-4,7-8,20H,5-6H2,(H,21,22). The van der Waals surface area contributed by atoms with Crippen LogP contribution in [0.5, 0.6) is 0 Å². The van der Waals surface area contributed by atoms with Crippen LogP contribution in [0.2, 0.25) is 15.1 Å². The van der Waals surface area contributed by atoms with Crippen molar-refractivity contribution in [2.45, 2.75) is 6.42 Å². The maximum Gasteiger partial charge on any atom is 0.226 e. The smallest absolute Gasteiger partial charge is 0.226 e. The highest BCUT2D eigenvalue weighted by Gasteiger charge is 2.07. The molecule has 116 valence electrons. The molecule has 3 nitrogen and oxygen atoms in total. The lowest BCUT2D eigenvalue weighted by Gasteiger charge is -2.09. The highest BCUT2D eigenvalue weighted by atomic mass is 35.5. The van der Waals surface area contributed by atoms with Gasteiger partial charge in [0.15, 0.2) is 0 Å². The third-order valence-electron chi connectivity index (χ3n) is 2.81. The first-order valence-corrected chi connectivity index (χ1v) is 7.53.